The molecule has 0 nitrogen and oxygen atoms in total. The Morgan fingerprint density at radius 1 is 0.622 bits per heavy atom. The van der Waals surface area contributed by atoms with Gasteiger partial charge in [-0.1, -0.05) is 0 Å². The van der Waals surface area contributed by atoms with Crippen molar-refractivity contribution in [2.24, 2.45) is 0 Å². The van der Waals surface area contributed by atoms with Crippen LogP contribution in [0.4, 0.5) is 0 Å². The molecule has 6 rings (SSSR count). The topological polar surface area (TPSA) is 0 Å². The Kier molecular flexibility index (Phi) is 11.8. The van der Waals surface area contributed by atoms with E-state index in [1.807, 2.05) is 0 Å². The second kappa shape index (κ2) is 14.3. The fourth-order valence-electron chi connectivity index (χ4n) is 8.55. The van der Waals surface area contributed by atoms with Crippen LogP contribution < -0.4 is 0 Å². The molecular formula is C37H41Cl5Si2Zr. The van der Waals surface area contributed by atoms with Crippen molar-refractivity contribution in [1.82, 2.24) is 0 Å². The molecule has 0 aliphatic heterocycles. The van der Waals surface area contributed by atoms with Crippen LogP contribution in [0.2, 0.25) is 14.8 Å². The average Bonchev–Trinajstić information content (AvgIpc) is 3.52. The normalized spacial score (nSPS) is 17.4. The SMILES string of the molecule is CC1=Cc2c(-c3ccccc3)cccc2[CH]1[Zr]([CH3])(=[SiH2])([CH2]CCC[Si](Cl)(Cl)Cl)[CH]1C(C)=Cc2c(-c3ccccc3)cccc21.Cl.Cl. The van der Waals surface area contributed by atoms with Crippen LogP contribution in [0.25, 0.3) is 34.4 Å². The van der Waals surface area contributed by atoms with Crippen molar-refractivity contribution in [2.75, 3.05) is 0 Å². The number of hydrogen-bond acceptors (Lipinski definition) is 0. The molecule has 0 N–H and O–H groups in total. The standard InChI is InChI=1S/2C16H13.C4H8Cl3Si.CH3.2ClH.H2Si.Zr/c2*1-12-10-14-8-5-9-15(16(14)11-12)13-6-3-2-4-7-13;1-2-3-4-8(5,6)7;;;;;/h2*2-11H,1H3;1-4H2;1H3;2*1H;1H2;. The van der Waals surface area contributed by atoms with E-state index in [9.17, 15) is 0 Å². The molecule has 0 spiro atoms. The molecular weight excluding hydrogens is 769 g/mol. The van der Waals surface area contributed by atoms with Crippen molar-refractivity contribution >= 4 is 83.1 Å². The minimum absolute atomic E-state index is 0. The van der Waals surface area contributed by atoms with Crippen molar-refractivity contribution in [1.29, 1.82) is 0 Å². The summed E-state index contributed by atoms with van der Waals surface area (Å²) in [6, 6.07) is 33.8. The summed E-state index contributed by atoms with van der Waals surface area (Å²) in [5.74, 6) is 0. The number of rotatable bonds is 9. The van der Waals surface area contributed by atoms with Crippen LogP contribution in [0.5, 0.6) is 0 Å². The summed E-state index contributed by atoms with van der Waals surface area (Å²) in [4.78, 5) is 0. The first-order valence-corrected chi connectivity index (χ1v) is 33.5. The van der Waals surface area contributed by atoms with Gasteiger partial charge in [-0.05, 0) is 0 Å². The van der Waals surface area contributed by atoms with Crippen LogP contribution in [0.15, 0.2) is 108 Å². The minimum atomic E-state index is -3.85. The fourth-order valence-corrected chi connectivity index (χ4v) is 36.5. The van der Waals surface area contributed by atoms with Crippen molar-refractivity contribution in [3.8, 4) is 22.3 Å². The Morgan fingerprint density at radius 2 is 1.04 bits per heavy atom. The quantitative estimate of drug-likeness (QED) is 0.0897. The van der Waals surface area contributed by atoms with Gasteiger partial charge in [0.05, 0.1) is 0 Å². The van der Waals surface area contributed by atoms with Gasteiger partial charge in [0.15, 0.2) is 0 Å². The van der Waals surface area contributed by atoms with Crippen LogP contribution in [0.1, 0.15) is 56.2 Å². The second-order valence-electron chi connectivity index (χ2n) is 13.3. The number of hydrogen-bond donors (Lipinski definition) is 0. The van der Waals surface area contributed by atoms with Gasteiger partial charge >= 0.3 is 277 Å². The van der Waals surface area contributed by atoms with Gasteiger partial charge in [0, 0.05) is 0 Å². The van der Waals surface area contributed by atoms with Crippen molar-refractivity contribution in [2.45, 2.75) is 48.7 Å². The molecule has 2 aliphatic rings. The van der Waals surface area contributed by atoms with Gasteiger partial charge in [-0.2, -0.15) is 0 Å². The summed E-state index contributed by atoms with van der Waals surface area (Å²) >= 11 is 15.3. The van der Waals surface area contributed by atoms with E-state index < -0.39 is 23.4 Å². The van der Waals surface area contributed by atoms with Gasteiger partial charge < -0.3 is 0 Å². The molecule has 0 radical (unpaired) electrons. The molecule has 4 aromatic carbocycles. The Labute approximate surface area is 299 Å². The largest absolute Gasteiger partial charge is 0.147 e. The molecule has 4 aromatic rings. The zero-order valence-electron chi connectivity index (χ0n) is 26.0. The molecule has 0 fully saturated rings. The first kappa shape index (κ1) is 37.0. The summed E-state index contributed by atoms with van der Waals surface area (Å²) in [6.45, 7) is 7.24. The van der Waals surface area contributed by atoms with Gasteiger partial charge in [0.1, 0.15) is 0 Å². The van der Waals surface area contributed by atoms with Gasteiger partial charge in [0.25, 0.3) is 0 Å². The Bertz CT molecular complexity index is 1690. The Hall–Kier alpha value is -0.873. The number of unbranched alkanes of at least 4 members (excludes halogenated alkanes) is 1. The van der Waals surface area contributed by atoms with Gasteiger partial charge in [-0.15, -0.1) is 24.8 Å². The van der Waals surface area contributed by atoms with Gasteiger partial charge in [-0.3, -0.25) is 0 Å². The van der Waals surface area contributed by atoms with E-state index in [0.717, 1.165) is 18.9 Å². The molecule has 0 saturated heterocycles. The number of benzene rings is 4. The monoisotopic (exact) mass is 806 g/mol. The minimum Gasteiger partial charge on any atom is -0.147 e. The molecule has 2 aliphatic carbocycles. The summed E-state index contributed by atoms with van der Waals surface area (Å²) < 4.78 is 4.93. The van der Waals surface area contributed by atoms with Crippen molar-refractivity contribution < 1.29 is 17.4 Å². The predicted octanol–water partition coefficient (Wildman–Crippen LogP) is 12.6. The summed E-state index contributed by atoms with van der Waals surface area (Å²) in [7, 11) is 0. The predicted molar refractivity (Wildman–Crippen MR) is 208 cm³/mol. The second-order valence-corrected chi connectivity index (χ2v) is 51.0. The molecule has 0 bridgehead atoms. The third-order valence-electron chi connectivity index (χ3n) is 10.1. The number of halogens is 5. The zero-order chi connectivity index (χ0) is 30.4. The van der Waals surface area contributed by atoms with E-state index in [1.165, 1.54) is 59.8 Å². The van der Waals surface area contributed by atoms with Gasteiger partial charge in [0.2, 0.25) is 0 Å². The number of fused-ring (bicyclic) bond motifs is 2. The smallest absolute Gasteiger partial charge is 0.147 e. The van der Waals surface area contributed by atoms with E-state index >= 15 is 0 Å². The first-order valence-electron chi connectivity index (χ1n) is 15.3. The fraction of sp³-hybridized carbons (Fsp3) is 0.243. The van der Waals surface area contributed by atoms with Gasteiger partial charge in [-0.25, -0.2) is 0 Å². The molecule has 0 saturated carbocycles. The average molecular weight is 810 g/mol. The van der Waals surface area contributed by atoms with E-state index in [2.05, 4.69) is 135 Å². The Morgan fingerprint density at radius 3 is 1.44 bits per heavy atom. The third kappa shape index (κ3) is 7.13. The van der Waals surface area contributed by atoms with E-state index in [-0.39, 0.29) is 24.8 Å². The Balaban J connectivity index is 0.00000230. The van der Waals surface area contributed by atoms with Crippen LogP contribution in [-0.4, -0.2) is 12.9 Å². The summed E-state index contributed by atoms with van der Waals surface area (Å²) in [6.07, 6.45) is 7.12. The van der Waals surface area contributed by atoms with E-state index in [0.29, 0.717) is 7.25 Å². The molecule has 0 aromatic heterocycles. The molecule has 2 atom stereocenters. The summed E-state index contributed by atoms with van der Waals surface area (Å²) in [5, 5.41) is 0. The van der Waals surface area contributed by atoms with Crippen molar-refractivity contribution in [3.05, 3.63) is 130 Å². The molecule has 0 heterocycles. The van der Waals surface area contributed by atoms with Crippen LogP contribution in [-0.2, 0) is 17.4 Å². The molecule has 236 valence electrons. The van der Waals surface area contributed by atoms with Crippen LogP contribution >= 0.6 is 58.1 Å². The summed E-state index contributed by atoms with van der Waals surface area (Å²) in [5.41, 5.74) is 14.2. The number of allylic oxidation sites excluding steroid dienone is 2. The first-order chi connectivity index (χ1) is 20.5. The maximum atomic E-state index is 6.37. The van der Waals surface area contributed by atoms with E-state index in [4.69, 9.17) is 33.2 Å². The van der Waals surface area contributed by atoms with Crippen LogP contribution in [0.3, 0.4) is 0 Å². The maximum absolute atomic E-state index is 6.37. The third-order valence-corrected chi connectivity index (χ3v) is 36.2. The van der Waals surface area contributed by atoms with Crippen LogP contribution in [0, 0.1) is 0 Å². The molecule has 0 amide bonds. The molecule has 45 heavy (non-hydrogen) atoms. The molecule has 8 heteroatoms. The van der Waals surface area contributed by atoms with Crippen molar-refractivity contribution in [3.63, 3.8) is 0 Å². The maximum Gasteiger partial charge on any atom is -0.147 e. The van der Waals surface area contributed by atoms with E-state index in [1.54, 1.807) is 0 Å². The molecule has 2 unspecified atom stereocenters. The zero-order valence-corrected chi connectivity index (χ0v) is 34.8.